The van der Waals surface area contributed by atoms with Gasteiger partial charge in [-0.1, -0.05) is 33.6 Å². The molecule has 0 spiro atoms. The number of benzene rings is 2. The van der Waals surface area contributed by atoms with E-state index < -0.39 is 0 Å². The molecule has 5 rings (SSSR count). The molecule has 148 valence electrons. The Morgan fingerprint density at radius 1 is 1.24 bits per heavy atom. The summed E-state index contributed by atoms with van der Waals surface area (Å²) in [5.41, 5.74) is 4.31. The zero-order valence-electron chi connectivity index (χ0n) is 15.2. The second kappa shape index (κ2) is 7.55. The van der Waals surface area contributed by atoms with Crippen molar-refractivity contribution < 1.29 is 4.39 Å². The minimum Gasteiger partial charge on any atom is -0.300 e. The molecule has 1 aliphatic heterocycles. The number of fused-ring (bicyclic) bond motifs is 5. The summed E-state index contributed by atoms with van der Waals surface area (Å²) in [6.45, 7) is 2.51. The molecule has 29 heavy (non-hydrogen) atoms. The predicted octanol–water partition coefficient (Wildman–Crippen LogP) is 5.37. The van der Waals surface area contributed by atoms with Gasteiger partial charge in [0.15, 0.2) is 11.6 Å². The molecule has 2 aromatic carbocycles. The Balaban J connectivity index is 0.00000205. The Kier molecular flexibility index (Phi) is 5.23. The van der Waals surface area contributed by atoms with Crippen molar-refractivity contribution >= 4 is 39.9 Å². The highest BCUT2D eigenvalue weighted by molar-refractivity contribution is 9.10. The van der Waals surface area contributed by atoms with Crippen molar-refractivity contribution in [3.05, 3.63) is 80.8 Å². The Bertz CT molecular complexity index is 1210. The highest BCUT2D eigenvalue weighted by Gasteiger charge is 2.24. The van der Waals surface area contributed by atoms with E-state index in [-0.39, 0.29) is 24.6 Å². The SMILES string of the molecule is Cc1ncn2c1Cn1nc(Cc3c(F)cccc3Cl)nc1-c1cc(Br)ccc1-2.Cl. The van der Waals surface area contributed by atoms with Crippen LogP contribution in [0, 0.1) is 12.7 Å². The zero-order valence-corrected chi connectivity index (χ0v) is 18.4. The molecule has 0 atom stereocenters. The van der Waals surface area contributed by atoms with E-state index in [0.717, 1.165) is 32.9 Å². The van der Waals surface area contributed by atoms with Gasteiger partial charge in [-0.2, -0.15) is 5.10 Å². The van der Waals surface area contributed by atoms with E-state index in [0.29, 0.717) is 23.0 Å². The van der Waals surface area contributed by atoms with Crippen LogP contribution in [-0.2, 0) is 13.0 Å². The number of imidazole rings is 1. The molecule has 0 radical (unpaired) electrons. The summed E-state index contributed by atoms with van der Waals surface area (Å²) in [5.74, 6) is 0.912. The van der Waals surface area contributed by atoms with Gasteiger partial charge >= 0.3 is 0 Å². The number of hydrogen-bond donors (Lipinski definition) is 0. The third-order valence-electron chi connectivity index (χ3n) is 4.95. The van der Waals surface area contributed by atoms with E-state index in [1.807, 2.05) is 36.1 Å². The summed E-state index contributed by atoms with van der Waals surface area (Å²) >= 11 is 9.73. The van der Waals surface area contributed by atoms with E-state index >= 15 is 0 Å². The highest BCUT2D eigenvalue weighted by atomic mass is 79.9. The molecule has 0 unspecified atom stereocenters. The molecular weight excluding hydrogens is 480 g/mol. The third kappa shape index (κ3) is 3.37. The Labute approximate surface area is 186 Å². The van der Waals surface area contributed by atoms with Crippen molar-refractivity contribution in [1.82, 2.24) is 24.3 Å². The van der Waals surface area contributed by atoms with Crippen LogP contribution in [0.25, 0.3) is 17.1 Å². The maximum Gasteiger partial charge on any atom is 0.160 e. The van der Waals surface area contributed by atoms with Crippen molar-refractivity contribution in [1.29, 1.82) is 0 Å². The highest BCUT2D eigenvalue weighted by Crippen LogP contribution is 2.34. The second-order valence-electron chi connectivity index (χ2n) is 6.69. The largest absolute Gasteiger partial charge is 0.300 e. The van der Waals surface area contributed by atoms with Gasteiger partial charge in [0.25, 0.3) is 0 Å². The molecule has 1 aliphatic rings. The lowest BCUT2D eigenvalue weighted by Crippen LogP contribution is -2.06. The fourth-order valence-corrected chi connectivity index (χ4v) is 4.12. The van der Waals surface area contributed by atoms with E-state index in [1.165, 1.54) is 6.07 Å². The number of aryl methyl sites for hydroxylation is 1. The van der Waals surface area contributed by atoms with Crippen molar-refractivity contribution in [2.24, 2.45) is 0 Å². The molecule has 4 aromatic rings. The maximum absolute atomic E-state index is 14.2. The fraction of sp³-hybridized carbons (Fsp3) is 0.150. The summed E-state index contributed by atoms with van der Waals surface area (Å²) < 4.78 is 19.1. The molecule has 0 fully saturated rings. The van der Waals surface area contributed by atoms with E-state index in [1.54, 1.807) is 12.1 Å². The van der Waals surface area contributed by atoms with Gasteiger partial charge in [-0.3, -0.25) is 0 Å². The third-order valence-corrected chi connectivity index (χ3v) is 5.79. The topological polar surface area (TPSA) is 48.5 Å². The maximum atomic E-state index is 14.2. The van der Waals surface area contributed by atoms with Crippen LogP contribution in [0.5, 0.6) is 0 Å². The summed E-state index contributed by atoms with van der Waals surface area (Å²) in [6.07, 6.45) is 2.05. The van der Waals surface area contributed by atoms with Crippen molar-refractivity contribution in [3.8, 4) is 17.1 Å². The molecule has 0 saturated heterocycles. The molecular formula is C20H15BrCl2FN5. The number of hydrogen-bond acceptors (Lipinski definition) is 3. The molecule has 0 N–H and O–H groups in total. The van der Waals surface area contributed by atoms with E-state index in [9.17, 15) is 4.39 Å². The minimum atomic E-state index is -0.352. The van der Waals surface area contributed by atoms with E-state index in [2.05, 4.69) is 30.6 Å². The van der Waals surface area contributed by atoms with Crippen LogP contribution in [0.1, 0.15) is 22.8 Å². The smallest absolute Gasteiger partial charge is 0.160 e. The molecule has 9 heteroatoms. The lowest BCUT2D eigenvalue weighted by atomic mass is 10.1. The monoisotopic (exact) mass is 493 g/mol. The van der Waals surface area contributed by atoms with Crippen LogP contribution < -0.4 is 0 Å². The first-order chi connectivity index (χ1) is 13.5. The van der Waals surface area contributed by atoms with Gasteiger partial charge in [0.2, 0.25) is 0 Å². The Morgan fingerprint density at radius 2 is 2.07 bits per heavy atom. The van der Waals surface area contributed by atoms with Crippen LogP contribution in [0.4, 0.5) is 4.39 Å². The van der Waals surface area contributed by atoms with Crippen molar-refractivity contribution in [3.63, 3.8) is 0 Å². The van der Waals surface area contributed by atoms with Gasteiger partial charge in [-0.05, 0) is 37.3 Å². The first-order valence-corrected chi connectivity index (χ1v) is 9.88. The number of nitrogens with zero attached hydrogens (tertiary/aromatic N) is 5. The zero-order chi connectivity index (χ0) is 19.4. The lowest BCUT2D eigenvalue weighted by molar-refractivity contribution is 0.610. The lowest BCUT2D eigenvalue weighted by Gasteiger charge is -2.09. The van der Waals surface area contributed by atoms with Crippen LogP contribution in [0.2, 0.25) is 5.02 Å². The Morgan fingerprint density at radius 3 is 2.86 bits per heavy atom. The van der Waals surface area contributed by atoms with Crippen molar-refractivity contribution in [2.75, 3.05) is 0 Å². The van der Waals surface area contributed by atoms with Gasteiger partial charge in [0, 0.05) is 27.0 Å². The minimum absolute atomic E-state index is 0. The molecule has 5 nitrogen and oxygen atoms in total. The average Bonchev–Trinajstić information content (AvgIpc) is 3.20. The standard InChI is InChI=1S/C20H14BrClFN5.ClH/c1-11-18-9-28-20(14-7-12(21)5-6-17(14)27(18)10-24-11)25-19(26-28)8-13-15(22)3-2-4-16(13)23;/h2-7,10H,8-9H2,1H3;1H. The number of halogens is 4. The first-order valence-electron chi connectivity index (χ1n) is 8.71. The molecule has 0 aliphatic carbocycles. The first kappa shape index (κ1) is 20.1. The number of rotatable bonds is 2. The van der Waals surface area contributed by atoms with Gasteiger partial charge < -0.3 is 4.57 Å². The molecule has 2 aromatic heterocycles. The van der Waals surface area contributed by atoms with E-state index in [4.69, 9.17) is 16.6 Å². The van der Waals surface area contributed by atoms with Crippen LogP contribution in [0.3, 0.4) is 0 Å². The van der Waals surface area contributed by atoms with Gasteiger partial charge in [0.1, 0.15) is 5.82 Å². The molecule has 0 amide bonds. The van der Waals surface area contributed by atoms with Gasteiger partial charge in [-0.25, -0.2) is 19.0 Å². The van der Waals surface area contributed by atoms with Gasteiger partial charge in [0.05, 0.1) is 29.9 Å². The quantitative estimate of drug-likeness (QED) is 0.331. The van der Waals surface area contributed by atoms with Crippen LogP contribution in [-0.4, -0.2) is 24.3 Å². The molecule has 0 bridgehead atoms. The van der Waals surface area contributed by atoms with Crippen LogP contribution in [0.15, 0.2) is 47.2 Å². The van der Waals surface area contributed by atoms with Crippen molar-refractivity contribution in [2.45, 2.75) is 19.9 Å². The Hall–Kier alpha value is -2.22. The predicted molar refractivity (Wildman–Crippen MR) is 116 cm³/mol. The average molecular weight is 495 g/mol. The summed E-state index contributed by atoms with van der Waals surface area (Å²) in [6, 6.07) is 10.7. The second-order valence-corrected chi connectivity index (χ2v) is 8.02. The normalized spacial score (nSPS) is 11.9. The summed E-state index contributed by atoms with van der Waals surface area (Å²) in [5, 5.41) is 5.04. The summed E-state index contributed by atoms with van der Waals surface area (Å²) in [7, 11) is 0. The molecule has 0 saturated carbocycles. The fourth-order valence-electron chi connectivity index (χ4n) is 3.53. The molecule has 3 heterocycles. The van der Waals surface area contributed by atoms with Gasteiger partial charge in [-0.15, -0.1) is 12.4 Å². The van der Waals surface area contributed by atoms with Crippen LogP contribution >= 0.6 is 39.9 Å². The summed E-state index contributed by atoms with van der Waals surface area (Å²) in [4.78, 5) is 9.19. The number of aromatic nitrogens is 5.